The summed E-state index contributed by atoms with van der Waals surface area (Å²) in [6.45, 7) is 0.361. The molecule has 2 N–H and O–H groups in total. The Morgan fingerprint density at radius 1 is 1.17 bits per heavy atom. The van der Waals surface area contributed by atoms with E-state index in [4.69, 9.17) is 4.42 Å². The fourth-order valence-electron chi connectivity index (χ4n) is 2.16. The summed E-state index contributed by atoms with van der Waals surface area (Å²) in [5, 5.41) is 3.21. The van der Waals surface area contributed by atoms with Gasteiger partial charge in [0.05, 0.1) is 4.90 Å². The minimum Gasteiger partial charge on any atom is -0.423 e. The van der Waals surface area contributed by atoms with Crippen molar-refractivity contribution in [1.29, 1.82) is 0 Å². The number of benzene rings is 1. The van der Waals surface area contributed by atoms with Gasteiger partial charge >= 0.3 is 5.63 Å². The lowest BCUT2D eigenvalue weighted by molar-refractivity contribution is -0.122. The third-order valence-corrected chi connectivity index (χ3v) is 5.02. The van der Waals surface area contributed by atoms with Crippen molar-refractivity contribution in [2.24, 2.45) is 5.92 Å². The van der Waals surface area contributed by atoms with E-state index in [-0.39, 0.29) is 29.8 Å². The summed E-state index contributed by atoms with van der Waals surface area (Å²) in [5.74, 6) is 0.0756. The summed E-state index contributed by atoms with van der Waals surface area (Å²) >= 11 is 0. The fraction of sp³-hybridized carbons (Fsp3) is 0.333. The predicted octanol–water partition coefficient (Wildman–Crippen LogP) is 0.598. The first-order chi connectivity index (χ1) is 11.0. The molecule has 3 rings (SSSR count). The van der Waals surface area contributed by atoms with E-state index in [9.17, 15) is 18.0 Å². The quantitative estimate of drug-likeness (QED) is 0.593. The van der Waals surface area contributed by atoms with Crippen molar-refractivity contribution >= 4 is 26.9 Å². The van der Waals surface area contributed by atoms with Crippen molar-refractivity contribution in [3.8, 4) is 0 Å². The fourth-order valence-corrected chi connectivity index (χ4v) is 3.23. The zero-order valence-electron chi connectivity index (χ0n) is 12.2. The number of amides is 1. The van der Waals surface area contributed by atoms with E-state index in [2.05, 4.69) is 10.0 Å². The van der Waals surface area contributed by atoms with E-state index in [1.54, 1.807) is 0 Å². The molecular weight excluding hydrogens is 320 g/mol. The zero-order chi connectivity index (χ0) is 16.4. The normalized spacial score (nSPS) is 14.8. The van der Waals surface area contributed by atoms with Gasteiger partial charge in [-0.3, -0.25) is 4.79 Å². The number of fused-ring (bicyclic) bond motifs is 1. The molecule has 0 radical (unpaired) electrons. The van der Waals surface area contributed by atoms with Gasteiger partial charge in [-0.25, -0.2) is 17.9 Å². The van der Waals surface area contributed by atoms with Gasteiger partial charge in [0.25, 0.3) is 0 Å². The molecule has 8 heteroatoms. The molecule has 1 aromatic heterocycles. The minimum absolute atomic E-state index is 0.0232. The number of hydrogen-bond donors (Lipinski definition) is 2. The summed E-state index contributed by atoms with van der Waals surface area (Å²) in [5.41, 5.74) is -0.161. The van der Waals surface area contributed by atoms with E-state index >= 15 is 0 Å². The van der Waals surface area contributed by atoms with E-state index in [0.29, 0.717) is 11.0 Å². The third-order valence-electron chi connectivity index (χ3n) is 3.57. The lowest BCUT2D eigenvalue weighted by atomic mass is 10.2. The average molecular weight is 336 g/mol. The summed E-state index contributed by atoms with van der Waals surface area (Å²) in [7, 11) is -3.69. The molecule has 1 heterocycles. The molecule has 1 aromatic carbocycles. The first-order valence-corrected chi connectivity index (χ1v) is 8.75. The Morgan fingerprint density at radius 2 is 1.96 bits per heavy atom. The highest BCUT2D eigenvalue weighted by atomic mass is 32.2. The molecule has 7 nitrogen and oxygen atoms in total. The van der Waals surface area contributed by atoms with Crippen molar-refractivity contribution in [3.63, 3.8) is 0 Å². The van der Waals surface area contributed by atoms with Gasteiger partial charge in [0.2, 0.25) is 15.9 Å². The summed E-state index contributed by atoms with van der Waals surface area (Å²) in [6.07, 6.45) is 1.82. The van der Waals surface area contributed by atoms with Crippen LogP contribution in [0.3, 0.4) is 0 Å². The molecule has 23 heavy (non-hydrogen) atoms. The van der Waals surface area contributed by atoms with Gasteiger partial charge in [-0.1, -0.05) is 0 Å². The van der Waals surface area contributed by atoms with Gasteiger partial charge in [0.15, 0.2) is 0 Å². The van der Waals surface area contributed by atoms with Gasteiger partial charge in [-0.15, -0.1) is 0 Å². The number of hydrogen-bond acceptors (Lipinski definition) is 5. The molecule has 1 aliphatic rings. The molecular formula is C15H16N2O5S. The molecule has 122 valence electrons. The highest BCUT2D eigenvalue weighted by molar-refractivity contribution is 7.89. The topological polar surface area (TPSA) is 105 Å². The van der Waals surface area contributed by atoms with Crippen LogP contribution in [0.4, 0.5) is 0 Å². The van der Waals surface area contributed by atoms with Crippen LogP contribution < -0.4 is 15.7 Å². The second-order valence-electron chi connectivity index (χ2n) is 5.42. The molecule has 0 atom stereocenters. The number of sulfonamides is 1. The van der Waals surface area contributed by atoms with E-state index in [1.165, 1.54) is 30.3 Å². The second-order valence-corrected chi connectivity index (χ2v) is 7.18. The summed E-state index contributed by atoms with van der Waals surface area (Å²) in [6, 6.07) is 7.00. The largest absolute Gasteiger partial charge is 0.423 e. The Morgan fingerprint density at radius 3 is 2.70 bits per heavy atom. The Bertz CT molecular complexity index is 899. The van der Waals surface area contributed by atoms with Crippen molar-refractivity contribution in [2.75, 3.05) is 13.1 Å². The summed E-state index contributed by atoms with van der Waals surface area (Å²) in [4.78, 5) is 22.6. The van der Waals surface area contributed by atoms with Crippen molar-refractivity contribution in [2.45, 2.75) is 17.7 Å². The molecule has 1 fully saturated rings. The number of nitrogens with one attached hydrogen (secondary N) is 2. The Balaban J connectivity index is 1.65. The standard InChI is InChI=1S/C15H16N2O5S/c18-14-6-3-11-9-12(4-5-13(11)22-14)23(20,21)17-8-7-16-15(19)10-1-2-10/h3-6,9-10,17H,1-2,7-8H2,(H,16,19). The lowest BCUT2D eigenvalue weighted by Crippen LogP contribution is -2.35. The molecule has 1 aliphatic carbocycles. The SMILES string of the molecule is O=C(NCCNS(=O)(=O)c1ccc2oc(=O)ccc2c1)C1CC1. The molecule has 0 bridgehead atoms. The number of rotatable bonds is 6. The smallest absolute Gasteiger partial charge is 0.336 e. The van der Waals surface area contributed by atoms with Gasteiger partial charge in [-0.2, -0.15) is 0 Å². The first-order valence-electron chi connectivity index (χ1n) is 7.27. The maximum absolute atomic E-state index is 12.2. The maximum atomic E-state index is 12.2. The molecule has 0 aliphatic heterocycles. The predicted molar refractivity (Wildman–Crippen MR) is 83.4 cm³/mol. The van der Waals surface area contributed by atoms with Crippen LogP contribution in [0.1, 0.15) is 12.8 Å². The molecule has 1 amide bonds. The van der Waals surface area contributed by atoms with E-state index in [0.717, 1.165) is 12.8 Å². The van der Waals surface area contributed by atoms with Crippen LogP contribution in [0.5, 0.6) is 0 Å². The van der Waals surface area contributed by atoms with Gasteiger partial charge in [0.1, 0.15) is 5.58 Å². The van der Waals surface area contributed by atoms with Gasteiger partial charge < -0.3 is 9.73 Å². The monoisotopic (exact) mass is 336 g/mol. The van der Waals surface area contributed by atoms with Crippen LogP contribution in [0.15, 0.2) is 44.4 Å². The van der Waals surface area contributed by atoms with Crippen molar-refractivity contribution in [3.05, 3.63) is 40.8 Å². The van der Waals surface area contributed by atoms with Crippen LogP contribution in [0.2, 0.25) is 0 Å². The molecule has 0 spiro atoms. The van der Waals surface area contributed by atoms with Crippen molar-refractivity contribution in [1.82, 2.24) is 10.0 Å². The van der Waals surface area contributed by atoms with Crippen LogP contribution in [0, 0.1) is 5.92 Å². The van der Waals surface area contributed by atoms with E-state index < -0.39 is 15.6 Å². The van der Waals surface area contributed by atoms with E-state index in [1.807, 2.05) is 0 Å². The maximum Gasteiger partial charge on any atom is 0.336 e. The van der Waals surface area contributed by atoms with Gasteiger partial charge in [-0.05, 0) is 37.1 Å². The van der Waals surface area contributed by atoms with Crippen LogP contribution in [0.25, 0.3) is 11.0 Å². The summed E-state index contributed by atoms with van der Waals surface area (Å²) < 4.78 is 31.8. The Labute approximate surface area is 132 Å². The third kappa shape index (κ3) is 3.77. The molecule has 0 saturated heterocycles. The molecule has 2 aromatic rings. The van der Waals surface area contributed by atoms with Gasteiger partial charge in [0, 0.05) is 30.5 Å². The highest BCUT2D eigenvalue weighted by Crippen LogP contribution is 2.28. The number of carbonyl (C=O) groups is 1. The first kappa shape index (κ1) is 15.7. The van der Waals surface area contributed by atoms with Crippen LogP contribution in [-0.4, -0.2) is 27.4 Å². The average Bonchev–Trinajstić information content (AvgIpc) is 3.35. The molecule has 1 saturated carbocycles. The minimum atomic E-state index is -3.69. The highest BCUT2D eigenvalue weighted by Gasteiger charge is 2.29. The second kappa shape index (κ2) is 6.13. The van der Waals surface area contributed by atoms with Crippen LogP contribution in [-0.2, 0) is 14.8 Å². The Kier molecular flexibility index (Phi) is 4.18. The van der Waals surface area contributed by atoms with Crippen LogP contribution >= 0.6 is 0 Å². The Hall–Kier alpha value is -2.19. The molecule has 0 unspecified atom stereocenters. The van der Waals surface area contributed by atoms with Crippen molar-refractivity contribution < 1.29 is 17.6 Å². The number of carbonyl (C=O) groups excluding carboxylic acids is 1. The lowest BCUT2D eigenvalue weighted by Gasteiger charge is -2.08. The zero-order valence-corrected chi connectivity index (χ0v) is 13.1.